The van der Waals surface area contributed by atoms with Crippen molar-refractivity contribution in [1.29, 1.82) is 0 Å². The zero-order chi connectivity index (χ0) is 21.9. The van der Waals surface area contributed by atoms with E-state index in [0.29, 0.717) is 18.3 Å². The molecule has 0 saturated heterocycles. The van der Waals surface area contributed by atoms with Crippen LogP contribution in [-0.4, -0.2) is 22.3 Å². The average molecular weight is 413 g/mol. The fraction of sp³-hybridized carbons (Fsp3) is 0.962. The van der Waals surface area contributed by atoms with Gasteiger partial charge in [0.25, 0.3) is 0 Å². The van der Waals surface area contributed by atoms with Crippen LogP contribution >= 0.6 is 0 Å². The van der Waals surface area contributed by atoms with E-state index >= 15 is 0 Å². The highest BCUT2D eigenvalue weighted by Gasteiger charge is 2.28. The number of rotatable bonds is 15. The van der Waals surface area contributed by atoms with Crippen molar-refractivity contribution >= 4 is 5.97 Å². The molecular weight excluding hydrogens is 360 g/mol. The zero-order valence-electron chi connectivity index (χ0n) is 20.1. The topological polar surface area (TPSA) is 57.5 Å². The number of carbonyl (C=O) groups is 1. The van der Waals surface area contributed by atoms with Gasteiger partial charge in [-0.15, -0.1) is 0 Å². The molecule has 0 amide bonds. The van der Waals surface area contributed by atoms with Crippen molar-refractivity contribution in [2.45, 2.75) is 143 Å². The van der Waals surface area contributed by atoms with Crippen molar-refractivity contribution in [3.05, 3.63) is 0 Å². The monoisotopic (exact) mass is 412 g/mol. The van der Waals surface area contributed by atoms with Gasteiger partial charge in [0.15, 0.2) is 0 Å². The quantitative estimate of drug-likeness (QED) is 0.268. The molecule has 174 valence electrons. The van der Waals surface area contributed by atoms with Crippen LogP contribution in [0.15, 0.2) is 0 Å². The Morgan fingerprint density at radius 3 is 1.66 bits per heavy atom. The summed E-state index contributed by atoms with van der Waals surface area (Å²) in [5.74, 6) is 1.29. The summed E-state index contributed by atoms with van der Waals surface area (Å²) in [5, 5.41) is 18.2. The summed E-state index contributed by atoms with van der Waals surface area (Å²) in [7, 11) is 0. The molecular formula is C26H52O3. The van der Waals surface area contributed by atoms with E-state index in [1.807, 2.05) is 0 Å². The van der Waals surface area contributed by atoms with Crippen LogP contribution in [0, 0.1) is 17.8 Å². The molecule has 0 spiro atoms. The maximum atomic E-state index is 10.3. The molecule has 0 radical (unpaired) electrons. The molecule has 29 heavy (non-hydrogen) atoms. The summed E-state index contributed by atoms with van der Waals surface area (Å²) in [4.78, 5) is 10.3. The largest absolute Gasteiger partial charge is 0.481 e. The van der Waals surface area contributed by atoms with Gasteiger partial charge in [-0.3, -0.25) is 4.79 Å². The lowest BCUT2D eigenvalue weighted by Crippen LogP contribution is -2.31. The highest BCUT2D eigenvalue weighted by molar-refractivity contribution is 5.66. The maximum absolute atomic E-state index is 10.3. The lowest BCUT2D eigenvalue weighted by molar-refractivity contribution is -0.137. The minimum atomic E-state index is -0.655. The Hall–Kier alpha value is -0.570. The minimum Gasteiger partial charge on any atom is -0.481 e. The van der Waals surface area contributed by atoms with Crippen molar-refractivity contribution in [3.63, 3.8) is 0 Å². The van der Waals surface area contributed by atoms with Crippen molar-refractivity contribution in [2.75, 3.05) is 0 Å². The molecule has 3 heteroatoms. The Morgan fingerprint density at radius 2 is 1.28 bits per heavy atom. The van der Waals surface area contributed by atoms with Crippen molar-refractivity contribution < 1.29 is 15.0 Å². The number of carboxylic acid groups (broad SMARTS) is 1. The number of carboxylic acids is 1. The third kappa shape index (κ3) is 18.0. The first-order valence-corrected chi connectivity index (χ1v) is 12.8. The molecule has 0 aromatic carbocycles. The van der Waals surface area contributed by atoms with Crippen LogP contribution in [0.5, 0.6) is 0 Å². The van der Waals surface area contributed by atoms with E-state index in [2.05, 4.69) is 27.7 Å². The summed E-state index contributed by atoms with van der Waals surface area (Å²) >= 11 is 0. The molecule has 1 saturated carbocycles. The van der Waals surface area contributed by atoms with Gasteiger partial charge in [-0.25, -0.2) is 0 Å². The Balaban J connectivity index is 0.000000604. The van der Waals surface area contributed by atoms with Crippen molar-refractivity contribution in [3.8, 4) is 0 Å². The summed E-state index contributed by atoms with van der Waals surface area (Å²) in [6.45, 7) is 8.92. The van der Waals surface area contributed by atoms with E-state index in [0.717, 1.165) is 25.2 Å². The second-order valence-corrected chi connectivity index (χ2v) is 9.78. The predicted octanol–water partition coefficient (Wildman–Crippen LogP) is 7.99. The molecule has 3 unspecified atom stereocenters. The summed E-state index contributed by atoms with van der Waals surface area (Å²) < 4.78 is 0. The smallest absolute Gasteiger partial charge is 0.303 e. The lowest BCUT2D eigenvalue weighted by atomic mass is 9.75. The molecule has 1 aliphatic carbocycles. The van der Waals surface area contributed by atoms with Gasteiger partial charge in [0.2, 0.25) is 0 Å². The molecule has 1 fully saturated rings. The fourth-order valence-electron chi connectivity index (χ4n) is 4.45. The van der Waals surface area contributed by atoms with Gasteiger partial charge >= 0.3 is 5.97 Å². The molecule has 0 aromatic rings. The lowest BCUT2D eigenvalue weighted by Gasteiger charge is -2.33. The Bertz CT molecular complexity index is 367. The van der Waals surface area contributed by atoms with E-state index in [1.54, 1.807) is 0 Å². The number of aliphatic hydroxyl groups is 1. The van der Waals surface area contributed by atoms with Crippen LogP contribution in [0.3, 0.4) is 0 Å². The first kappa shape index (κ1) is 28.4. The average Bonchev–Trinajstić information content (AvgIpc) is 2.65. The maximum Gasteiger partial charge on any atom is 0.303 e. The van der Waals surface area contributed by atoms with E-state index in [4.69, 9.17) is 5.11 Å². The third-order valence-corrected chi connectivity index (χ3v) is 6.48. The normalized spacial score (nSPS) is 21.7. The van der Waals surface area contributed by atoms with E-state index in [9.17, 15) is 9.90 Å². The van der Waals surface area contributed by atoms with E-state index < -0.39 is 5.97 Å². The number of hydrogen-bond acceptors (Lipinski definition) is 2. The summed E-state index contributed by atoms with van der Waals surface area (Å²) in [6.07, 6.45) is 20.8. The molecule has 3 nitrogen and oxygen atoms in total. The van der Waals surface area contributed by atoms with Gasteiger partial charge in [-0.05, 0) is 37.0 Å². The van der Waals surface area contributed by atoms with E-state index in [-0.39, 0.29) is 6.10 Å². The molecule has 0 heterocycles. The van der Waals surface area contributed by atoms with Crippen LogP contribution in [-0.2, 0) is 4.79 Å². The Kier molecular flexibility index (Phi) is 19.0. The van der Waals surface area contributed by atoms with Crippen molar-refractivity contribution in [2.24, 2.45) is 17.8 Å². The summed E-state index contributed by atoms with van der Waals surface area (Å²) in [6, 6.07) is 0. The van der Waals surface area contributed by atoms with Gasteiger partial charge in [0.1, 0.15) is 0 Å². The fourth-order valence-corrected chi connectivity index (χ4v) is 4.45. The van der Waals surface area contributed by atoms with Gasteiger partial charge in [-0.1, -0.05) is 111 Å². The number of hydrogen-bond donors (Lipinski definition) is 2. The number of aliphatic hydroxyl groups excluding tert-OH is 1. The zero-order valence-corrected chi connectivity index (χ0v) is 20.1. The molecule has 0 aliphatic heterocycles. The van der Waals surface area contributed by atoms with Crippen LogP contribution in [0.4, 0.5) is 0 Å². The second kappa shape index (κ2) is 19.4. The van der Waals surface area contributed by atoms with Crippen LogP contribution in [0.2, 0.25) is 0 Å². The first-order valence-electron chi connectivity index (χ1n) is 12.8. The van der Waals surface area contributed by atoms with Crippen LogP contribution in [0.1, 0.15) is 137 Å². The van der Waals surface area contributed by atoms with Crippen LogP contribution < -0.4 is 0 Å². The first-order chi connectivity index (χ1) is 13.9. The number of unbranched alkanes of at least 4 members (excludes halogenated alkanes) is 12. The minimum absolute atomic E-state index is 0.0289. The SMILES string of the molecule is CC1CCC(C(C)C)C(O)C1.CCCCCCCCCCCCCCCC(=O)O. The molecule has 1 aliphatic rings. The van der Waals surface area contributed by atoms with Gasteiger partial charge in [0, 0.05) is 6.42 Å². The Morgan fingerprint density at radius 1 is 0.828 bits per heavy atom. The molecule has 1 rings (SSSR count). The predicted molar refractivity (Wildman–Crippen MR) is 125 cm³/mol. The third-order valence-electron chi connectivity index (χ3n) is 6.48. The van der Waals surface area contributed by atoms with Gasteiger partial charge in [0.05, 0.1) is 6.10 Å². The highest BCUT2D eigenvalue weighted by atomic mass is 16.4. The molecule has 0 aromatic heterocycles. The highest BCUT2D eigenvalue weighted by Crippen LogP contribution is 2.33. The van der Waals surface area contributed by atoms with Gasteiger partial charge in [-0.2, -0.15) is 0 Å². The van der Waals surface area contributed by atoms with Crippen LogP contribution in [0.25, 0.3) is 0 Å². The Labute approximate surface area is 182 Å². The standard InChI is InChI=1S/C16H32O2.C10H20O/c1-2-3-4-5-6-7-8-9-10-11-12-13-14-15-16(17)18;1-7(2)9-5-4-8(3)6-10(9)11/h2-15H2,1H3,(H,17,18);7-11H,4-6H2,1-3H3. The molecule has 2 N–H and O–H groups in total. The second-order valence-electron chi connectivity index (χ2n) is 9.78. The number of aliphatic carboxylic acids is 1. The van der Waals surface area contributed by atoms with Crippen molar-refractivity contribution in [1.82, 2.24) is 0 Å². The molecule has 0 bridgehead atoms. The molecule has 3 atom stereocenters. The summed E-state index contributed by atoms with van der Waals surface area (Å²) in [5.41, 5.74) is 0. The van der Waals surface area contributed by atoms with Gasteiger partial charge < -0.3 is 10.2 Å². The van der Waals surface area contributed by atoms with E-state index in [1.165, 1.54) is 83.5 Å².